The summed E-state index contributed by atoms with van der Waals surface area (Å²) in [6, 6.07) is 0. The van der Waals surface area contributed by atoms with Crippen LogP contribution in [0.3, 0.4) is 0 Å². The average molecular weight is 121 g/mol. The fraction of sp³-hybridized carbons (Fsp3) is 0.375. The summed E-state index contributed by atoms with van der Waals surface area (Å²) in [5.41, 5.74) is 1.16. The first kappa shape index (κ1) is 6.27. The number of nitrogens with zero attached hydrogens (tertiary/aromatic N) is 1. The van der Waals surface area contributed by atoms with Gasteiger partial charge in [0, 0.05) is 18.7 Å². The molecule has 9 heavy (non-hydrogen) atoms. The Kier molecular flexibility index (Phi) is 1.83. The molecule has 1 atom stereocenters. The molecule has 0 bridgehead atoms. The molecule has 0 fully saturated rings. The van der Waals surface area contributed by atoms with E-state index in [1.165, 1.54) is 0 Å². The lowest BCUT2D eigenvalue weighted by Crippen LogP contribution is -2.06. The molecule has 0 aromatic carbocycles. The van der Waals surface area contributed by atoms with Crippen LogP contribution >= 0.6 is 0 Å². The predicted octanol–water partition coefficient (Wildman–Crippen LogP) is 1.82. The molecule has 0 saturated carbocycles. The van der Waals surface area contributed by atoms with Crippen LogP contribution in [0, 0.1) is 5.92 Å². The van der Waals surface area contributed by atoms with Crippen LogP contribution in [0.15, 0.2) is 29.3 Å². The Hall–Kier alpha value is -0.850. The van der Waals surface area contributed by atoms with Gasteiger partial charge in [-0.3, -0.25) is 4.99 Å². The molecule has 0 spiro atoms. The Morgan fingerprint density at radius 1 is 1.44 bits per heavy atom. The predicted molar refractivity (Wildman–Crippen MR) is 40.8 cm³/mol. The highest BCUT2D eigenvalue weighted by molar-refractivity contribution is 5.98. The molecule has 0 N–H and O–H groups in total. The van der Waals surface area contributed by atoms with E-state index in [0.29, 0.717) is 5.92 Å². The van der Waals surface area contributed by atoms with Crippen LogP contribution in [0.25, 0.3) is 0 Å². The van der Waals surface area contributed by atoms with E-state index in [0.717, 1.165) is 5.71 Å². The molecule has 0 aliphatic heterocycles. The van der Waals surface area contributed by atoms with Crippen molar-refractivity contribution in [2.45, 2.75) is 6.92 Å². The van der Waals surface area contributed by atoms with E-state index in [9.17, 15) is 0 Å². The molecule has 1 unspecified atom stereocenters. The monoisotopic (exact) mass is 121 g/mol. The van der Waals surface area contributed by atoms with Gasteiger partial charge in [0.1, 0.15) is 0 Å². The highest BCUT2D eigenvalue weighted by Crippen LogP contribution is 2.06. The zero-order valence-electron chi connectivity index (χ0n) is 5.83. The van der Waals surface area contributed by atoms with Gasteiger partial charge >= 0.3 is 0 Å². The molecule has 48 valence electrons. The van der Waals surface area contributed by atoms with Crippen LogP contribution in [0.2, 0.25) is 0 Å². The standard InChI is InChI=1S/C8H11N/c1-7-5-3-4-6-8(7)9-2/h3-7H,1-2H3. The summed E-state index contributed by atoms with van der Waals surface area (Å²) in [5.74, 6) is 0.500. The van der Waals surface area contributed by atoms with Crippen molar-refractivity contribution in [3.63, 3.8) is 0 Å². The summed E-state index contributed by atoms with van der Waals surface area (Å²) in [6.07, 6.45) is 8.26. The van der Waals surface area contributed by atoms with Crippen LogP contribution in [0.1, 0.15) is 6.92 Å². The van der Waals surface area contributed by atoms with Crippen molar-refractivity contribution in [3.8, 4) is 0 Å². The lowest BCUT2D eigenvalue weighted by Gasteiger charge is -2.07. The van der Waals surface area contributed by atoms with Crippen LogP contribution in [-0.4, -0.2) is 12.8 Å². The summed E-state index contributed by atoms with van der Waals surface area (Å²) in [6.45, 7) is 2.14. The first-order valence-electron chi connectivity index (χ1n) is 3.16. The van der Waals surface area contributed by atoms with Crippen LogP contribution in [-0.2, 0) is 0 Å². The molecule has 0 amide bonds. The Balaban J connectivity index is 2.78. The first-order valence-corrected chi connectivity index (χ1v) is 3.16. The average Bonchev–Trinajstić information content (AvgIpc) is 1.89. The minimum absolute atomic E-state index is 0.500. The fourth-order valence-electron chi connectivity index (χ4n) is 0.914. The third-order valence-electron chi connectivity index (χ3n) is 1.50. The second-order valence-corrected chi connectivity index (χ2v) is 2.18. The summed E-state index contributed by atoms with van der Waals surface area (Å²) in [5, 5.41) is 0. The summed E-state index contributed by atoms with van der Waals surface area (Å²) in [4.78, 5) is 4.11. The molecule has 0 saturated heterocycles. The minimum Gasteiger partial charge on any atom is -0.292 e. The van der Waals surface area contributed by atoms with E-state index < -0.39 is 0 Å². The van der Waals surface area contributed by atoms with Gasteiger partial charge in [-0.05, 0) is 6.08 Å². The van der Waals surface area contributed by atoms with E-state index in [2.05, 4.69) is 24.1 Å². The zero-order chi connectivity index (χ0) is 6.69. The molecule has 1 nitrogen and oxygen atoms in total. The van der Waals surface area contributed by atoms with E-state index in [-0.39, 0.29) is 0 Å². The number of aliphatic imine (C=N–C) groups is 1. The van der Waals surface area contributed by atoms with Gasteiger partial charge < -0.3 is 0 Å². The Morgan fingerprint density at radius 2 is 2.22 bits per heavy atom. The molecule has 1 aliphatic rings. The highest BCUT2D eigenvalue weighted by Gasteiger charge is 2.03. The van der Waals surface area contributed by atoms with Gasteiger partial charge in [-0.1, -0.05) is 25.2 Å². The normalized spacial score (nSPS) is 29.6. The minimum atomic E-state index is 0.500. The molecule has 1 rings (SSSR count). The molecule has 1 aliphatic carbocycles. The van der Waals surface area contributed by atoms with E-state index >= 15 is 0 Å². The van der Waals surface area contributed by atoms with E-state index in [4.69, 9.17) is 0 Å². The van der Waals surface area contributed by atoms with Crippen molar-refractivity contribution in [1.29, 1.82) is 0 Å². The molecule has 0 heterocycles. The number of hydrogen-bond donors (Lipinski definition) is 0. The lowest BCUT2D eigenvalue weighted by atomic mass is 10.0. The molecule has 0 radical (unpaired) electrons. The van der Waals surface area contributed by atoms with Crippen LogP contribution in [0.5, 0.6) is 0 Å². The summed E-state index contributed by atoms with van der Waals surface area (Å²) in [7, 11) is 1.83. The maximum absolute atomic E-state index is 4.11. The number of allylic oxidation sites excluding steroid dienone is 4. The quantitative estimate of drug-likeness (QED) is 0.463. The van der Waals surface area contributed by atoms with Gasteiger partial charge in [-0.25, -0.2) is 0 Å². The van der Waals surface area contributed by atoms with Crippen LogP contribution < -0.4 is 0 Å². The van der Waals surface area contributed by atoms with Gasteiger partial charge in [0.25, 0.3) is 0 Å². The third-order valence-corrected chi connectivity index (χ3v) is 1.50. The maximum Gasteiger partial charge on any atom is 0.0410 e. The van der Waals surface area contributed by atoms with Crippen LogP contribution in [0.4, 0.5) is 0 Å². The van der Waals surface area contributed by atoms with Crippen molar-refractivity contribution in [2.24, 2.45) is 10.9 Å². The molecule has 0 aromatic rings. The van der Waals surface area contributed by atoms with Gasteiger partial charge in [0.2, 0.25) is 0 Å². The largest absolute Gasteiger partial charge is 0.292 e. The highest BCUT2D eigenvalue weighted by atomic mass is 14.7. The zero-order valence-corrected chi connectivity index (χ0v) is 5.83. The summed E-state index contributed by atoms with van der Waals surface area (Å²) >= 11 is 0. The van der Waals surface area contributed by atoms with E-state index in [1.807, 2.05) is 19.2 Å². The van der Waals surface area contributed by atoms with Gasteiger partial charge in [-0.15, -0.1) is 0 Å². The Labute approximate surface area is 55.8 Å². The second kappa shape index (κ2) is 2.62. The topological polar surface area (TPSA) is 12.4 Å². The molecule has 0 aromatic heterocycles. The Bertz CT molecular complexity index is 175. The third kappa shape index (κ3) is 1.28. The van der Waals surface area contributed by atoms with Gasteiger partial charge in [0.05, 0.1) is 0 Å². The fourth-order valence-corrected chi connectivity index (χ4v) is 0.914. The van der Waals surface area contributed by atoms with Gasteiger partial charge in [0.15, 0.2) is 0 Å². The number of rotatable bonds is 0. The molecular weight excluding hydrogens is 110 g/mol. The second-order valence-electron chi connectivity index (χ2n) is 2.18. The van der Waals surface area contributed by atoms with Gasteiger partial charge in [-0.2, -0.15) is 0 Å². The first-order chi connectivity index (χ1) is 4.34. The van der Waals surface area contributed by atoms with Crippen molar-refractivity contribution >= 4 is 5.71 Å². The summed E-state index contributed by atoms with van der Waals surface area (Å²) < 4.78 is 0. The molecule has 1 heteroatoms. The molecular formula is C8H11N. The van der Waals surface area contributed by atoms with E-state index in [1.54, 1.807) is 0 Å². The smallest absolute Gasteiger partial charge is 0.0410 e. The SMILES string of the molecule is CN=C1C=CC=CC1C. The van der Waals surface area contributed by atoms with Crippen molar-refractivity contribution in [2.75, 3.05) is 7.05 Å². The number of hydrogen-bond acceptors (Lipinski definition) is 1. The Morgan fingerprint density at radius 3 is 2.67 bits per heavy atom. The van der Waals surface area contributed by atoms with Crippen molar-refractivity contribution < 1.29 is 0 Å². The lowest BCUT2D eigenvalue weighted by molar-refractivity contribution is 0.991. The van der Waals surface area contributed by atoms with Crippen molar-refractivity contribution in [3.05, 3.63) is 24.3 Å². The maximum atomic E-state index is 4.11. The van der Waals surface area contributed by atoms with Crippen molar-refractivity contribution in [1.82, 2.24) is 0 Å².